The lowest BCUT2D eigenvalue weighted by molar-refractivity contribution is -0.141. The van der Waals surface area contributed by atoms with E-state index in [0.29, 0.717) is 12.8 Å². The molecule has 3 aliphatic rings. The van der Waals surface area contributed by atoms with E-state index in [-0.39, 0.29) is 23.9 Å². The van der Waals surface area contributed by atoms with Gasteiger partial charge in [0.1, 0.15) is 6.10 Å². The summed E-state index contributed by atoms with van der Waals surface area (Å²) >= 11 is 0. The van der Waals surface area contributed by atoms with Crippen molar-refractivity contribution < 1.29 is 14.3 Å². The Bertz CT molecular complexity index is 441. The first-order valence-electron chi connectivity index (χ1n) is 7.36. The zero-order valence-corrected chi connectivity index (χ0v) is 11.5. The first-order chi connectivity index (χ1) is 9.15. The Kier molecular flexibility index (Phi) is 3.33. The number of amides is 1. The van der Waals surface area contributed by atoms with Crippen molar-refractivity contribution in [1.29, 1.82) is 0 Å². The van der Waals surface area contributed by atoms with E-state index in [1.165, 1.54) is 5.57 Å². The maximum Gasteiger partial charge on any atom is 0.334 e. The van der Waals surface area contributed by atoms with E-state index in [2.05, 4.69) is 6.92 Å². The van der Waals surface area contributed by atoms with Crippen LogP contribution < -0.4 is 0 Å². The maximum atomic E-state index is 12.2. The van der Waals surface area contributed by atoms with Crippen LogP contribution in [0.25, 0.3) is 0 Å². The molecule has 3 heterocycles. The van der Waals surface area contributed by atoms with Crippen LogP contribution in [0.4, 0.5) is 0 Å². The van der Waals surface area contributed by atoms with Crippen LogP contribution in [0, 0.1) is 5.92 Å². The van der Waals surface area contributed by atoms with Crippen molar-refractivity contribution in [1.82, 2.24) is 4.90 Å². The largest absolute Gasteiger partial charge is 0.454 e. The molecule has 4 heteroatoms. The van der Waals surface area contributed by atoms with Crippen molar-refractivity contribution >= 4 is 11.9 Å². The van der Waals surface area contributed by atoms with E-state index in [4.69, 9.17) is 4.74 Å². The van der Waals surface area contributed by atoms with E-state index in [1.54, 1.807) is 0 Å². The summed E-state index contributed by atoms with van der Waals surface area (Å²) in [7, 11) is 0. The van der Waals surface area contributed by atoms with Crippen molar-refractivity contribution in [3.05, 3.63) is 11.1 Å². The predicted molar refractivity (Wildman–Crippen MR) is 70.4 cm³/mol. The molecule has 0 saturated carbocycles. The highest BCUT2D eigenvalue weighted by Crippen LogP contribution is 2.35. The number of ether oxygens (including phenoxy) is 1. The van der Waals surface area contributed by atoms with Gasteiger partial charge in [-0.3, -0.25) is 4.79 Å². The highest BCUT2D eigenvalue weighted by atomic mass is 16.5. The van der Waals surface area contributed by atoms with Crippen molar-refractivity contribution in [2.75, 3.05) is 13.1 Å². The number of fused-ring (bicyclic) bond motifs is 3. The van der Waals surface area contributed by atoms with E-state index in [1.807, 2.05) is 4.90 Å². The molecular weight excluding hydrogens is 242 g/mol. The summed E-state index contributed by atoms with van der Waals surface area (Å²) < 4.78 is 5.54. The quantitative estimate of drug-likeness (QED) is 0.628. The SMILES string of the molecule is CC1CC(=O)N2CCCC3=C(C1)C(=O)O[C@H]3CCC2. The zero-order valence-electron chi connectivity index (χ0n) is 11.5. The molecule has 0 aromatic rings. The normalized spacial score (nSPS) is 32.2. The smallest absolute Gasteiger partial charge is 0.334 e. The fourth-order valence-electron chi connectivity index (χ4n) is 3.49. The average molecular weight is 263 g/mol. The highest BCUT2D eigenvalue weighted by Gasteiger charge is 2.36. The third kappa shape index (κ3) is 2.40. The number of hydrogen-bond donors (Lipinski definition) is 0. The van der Waals surface area contributed by atoms with Gasteiger partial charge in [0.05, 0.1) is 0 Å². The van der Waals surface area contributed by atoms with Gasteiger partial charge >= 0.3 is 5.97 Å². The lowest BCUT2D eigenvalue weighted by atomic mass is 9.90. The van der Waals surface area contributed by atoms with Crippen molar-refractivity contribution in [3.8, 4) is 0 Å². The van der Waals surface area contributed by atoms with Gasteiger partial charge in [-0.2, -0.15) is 0 Å². The third-order valence-electron chi connectivity index (χ3n) is 4.47. The third-order valence-corrected chi connectivity index (χ3v) is 4.47. The molecule has 19 heavy (non-hydrogen) atoms. The summed E-state index contributed by atoms with van der Waals surface area (Å²) in [6, 6.07) is 0. The minimum Gasteiger partial charge on any atom is -0.454 e. The van der Waals surface area contributed by atoms with Crippen molar-refractivity contribution in [2.45, 2.75) is 51.6 Å². The number of nitrogens with zero attached hydrogens (tertiary/aromatic N) is 1. The van der Waals surface area contributed by atoms with Gasteiger partial charge in [-0.25, -0.2) is 4.79 Å². The van der Waals surface area contributed by atoms with Gasteiger partial charge in [-0.15, -0.1) is 0 Å². The van der Waals surface area contributed by atoms with E-state index >= 15 is 0 Å². The molecular formula is C15H21NO3. The number of rotatable bonds is 0. The second kappa shape index (κ2) is 4.99. The molecule has 0 aromatic heterocycles. The van der Waals surface area contributed by atoms with Gasteiger partial charge in [-0.05, 0) is 43.6 Å². The summed E-state index contributed by atoms with van der Waals surface area (Å²) in [5.74, 6) is 0.350. The summed E-state index contributed by atoms with van der Waals surface area (Å²) in [5.41, 5.74) is 2.11. The van der Waals surface area contributed by atoms with Crippen LogP contribution in [-0.2, 0) is 14.3 Å². The Morgan fingerprint density at radius 1 is 1.16 bits per heavy atom. The molecule has 0 N–H and O–H groups in total. The van der Waals surface area contributed by atoms with Crippen molar-refractivity contribution in [2.24, 2.45) is 5.92 Å². The fraction of sp³-hybridized carbons (Fsp3) is 0.733. The van der Waals surface area contributed by atoms with E-state index < -0.39 is 0 Å². The molecule has 0 aromatic carbocycles. The molecule has 1 amide bonds. The van der Waals surface area contributed by atoms with Crippen LogP contribution in [0.2, 0.25) is 0 Å². The Morgan fingerprint density at radius 2 is 1.95 bits per heavy atom. The van der Waals surface area contributed by atoms with Crippen molar-refractivity contribution in [3.63, 3.8) is 0 Å². The van der Waals surface area contributed by atoms with Crippen LogP contribution in [-0.4, -0.2) is 36.0 Å². The van der Waals surface area contributed by atoms with Crippen LogP contribution in [0.15, 0.2) is 11.1 Å². The topological polar surface area (TPSA) is 46.6 Å². The molecule has 3 rings (SSSR count). The van der Waals surface area contributed by atoms with E-state index in [9.17, 15) is 9.59 Å². The molecule has 0 spiro atoms. The molecule has 3 aliphatic heterocycles. The molecule has 1 fully saturated rings. The Labute approximate surface area is 113 Å². The Balaban J connectivity index is 1.97. The number of hydrogen-bond acceptors (Lipinski definition) is 3. The molecule has 2 atom stereocenters. The molecule has 1 unspecified atom stereocenters. The summed E-state index contributed by atoms with van der Waals surface area (Å²) in [4.78, 5) is 26.3. The summed E-state index contributed by atoms with van der Waals surface area (Å²) in [5, 5.41) is 0. The summed E-state index contributed by atoms with van der Waals surface area (Å²) in [6.45, 7) is 3.69. The lowest BCUT2D eigenvalue weighted by Gasteiger charge is -2.24. The van der Waals surface area contributed by atoms with Gasteiger partial charge in [0.25, 0.3) is 0 Å². The molecule has 0 aliphatic carbocycles. The first-order valence-corrected chi connectivity index (χ1v) is 7.36. The van der Waals surface area contributed by atoms with Gasteiger partial charge < -0.3 is 9.64 Å². The van der Waals surface area contributed by atoms with Gasteiger partial charge in [-0.1, -0.05) is 6.92 Å². The maximum absolute atomic E-state index is 12.2. The van der Waals surface area contributed by atoms with Gasteiger partial charge in [0.15, 0.2) is 0 Å². The second-order valence-corrected chi connectivity index (χ2v) is 6.04. The van der Waals surface area contributed by atoms with Crippen LogP contribution in [0.3, 0.4) is 0 Å². The first kappa shape index (κ1) is 12.7. The second-order valence-electron chi connectivity index (χ2n) is 6.04. The van der Waals surface area contributed by atoms with Crippen LogP contribution in [0.1, 0.15) is 45.4 Å². The highest BCUT2D eigenvalue weighted by molar-refractivity contribution is 5.92. The zero-order chi connectivity index (χ0) is 13.4. The van der Waals surface area contributed by atoms with Crippen LogP contribution >= 0.6 is 0 Å². The Morgan fingerprint density at radius 3 is 2.79 bits per heavy atom. The average Bonchev–Trinajstić information content (AvgIpc) is 2.67. The monoisotopic (exact) mass is 263 g/mol. The standard InChI is InChI=1S/C15H21NO3/c1-10-8-12-11-4-2-6-16(14(17)9-10)7-3-5-13(11)19-15(12)18/h10,13H,2-9H2,1H3/t10?,13-/m0/s1. The predicted octanol–water partition coefficient (Wildman–Crippen LogP) is 2.04. The van der Waals surface area contributed by atoms with E-state index in [0.717, 1.165) is 44.3 Å². The van der Waals surface area contributed by atoms with Gasteiger partial charge in [0.2, 0.25) is 5.91 Å². The number of carbonyl (C=O) groups is 2. The minimum absolute atomic E-state index is 0.0112. The summed E-state index contributed by atoms with van der Waals surface area (Å²) in [6.07, 6.45) is 4.88. The molecule has 1 saturated heterocycles. The molecule has 104 valence electrons. The lowest BCUT2D eigenvalue weighted by Crippen LogP contribution is -2.34. The minimum atomic E-state index is -0.127. The van der Waals surface area contributed by atoms with Crippen LogP contribution in [0.5, 0.6) is 0 Å². The Hall–Kier alpha value is -1.32. The molecule has 2 bridgehead atoms. The van der Waals surface area contributed by atoms with Gasteiger partial charge in [0, 0.05) is 25.1 Å². The molecule has 4 nitrogen and oxygen atoms in total. The number of esters is 1. The fourth-order valence-corrected chi connectivity index (χ4v) is 3.49. The molecule has 0 radical (unpaired) electrons. The number of carbonyl (C=O) groups excluding carboxylic acids is 2.